The summed E-state index contributed by atoms with van der Waals surface area (Å²) in [6.07, 6.45) is 17.6. The lowest BCUT2D eigenvalue weighted by Crippen LogP contribution is -2.31. The van der Waals surface area contributed by atoms with Gasteiger partial charge in [-0.25, -0.2) is 0 Å². The van der Waals surface area contributed by atoms with Gasteiger partial charge in [-0.15, -0.1) is 0 Å². The third-order valence-electron chi connectivity index (χ3n) is 5.23. The molecule has 0 aromatic heterocycles. The summed E-state index contributed by atoms with van der Waals surface area (Å²) in [5.41, 5.74) is 0.652. The van der Waals surface area contributed by atoms with Crippen LogP contribution in [0.2, 0.25) is 0 Å². The van der Waals surface area contributed by atoms with Crippen molar-refractivity contribution in [3.63, 3.8) is 0 Å². The first-order valence-electron chi connectivity index (χ1n) is 8.35. The monoisotopic (exact) mass is 250 g/mol. The van der Waals surface area contributed by atoms with Crippen molar-refractivity contribution in [3.8, 4) is 0 Å². The first-order chi connectivity index (χ1) is 8.72. The molecule has 18 heavy (non-hydrogen) atoms. The molecule has 0 spiro atoms. The Morgan fingerprint density at radius 3 is 2.44 bits per heavy atom. The van der Waals surface area contributed by atoms with Crippen LogP contribution in [-0.2, 0) is 0 Å². The number of hydrogen-bond donors (Lipinski definition) is 0. The van der Waals surface area contributed by atoms with E-state index in [1.165, 1.54) is 57.8 Å². The van der Waals surface area contributed by atoms with E-state index in [0.717, 1.165) is 11.8 Å². The summed E-state index contributed by atoms with van der Waals surface area (Å²) in [5, 5.41) is 0. The normalized spacial score (nSPS) is 29.9. The fourth-order valence-corrected chi connectivity index (χ4v) is 4.50. The molecule has 2 atom stereocenters. The molecule has 0 nitrogen and oxygen atoms in total. The van der Waals surface area contributed by atoms with Crippen molar-refractivity contribution in [2.75, 3.05) is 0 Å². The Labute approximate surface area is 115 Å². The van der Waals surface area contributed by atoms with E-state index >= 15 is 0 Å². The van der Waals surface area contributed by atoms with Crippen LogP contribution in [0.4, 0.5) is 0 Å². The largest absolute Gasteiger partial charge is 0.0914 e. The van der Waals surface area contributed by atoms with Gasteiger partial charge in [-0.2, -0.15) is 0 Å². The summed E-state index contributed by atoms with van der Waals surface area (Å²) >= 11 is 0. The molecule has 0 aromatic rings. The standard InChI is InChI=1S/C18H34/c1-5-11-16-12-9-10-14-18(15-16,13-6-2)17(7-3)8-4/h5,11,16-17H,6-10,12-15H2,1-4H3. The van der Waals surface area contributed by atoms with E-state index in [1.807, 2.05) is 0 Å². The van der Waals surface area contributed by atoms with Gasteiger partial charge >= 0.3 is 0 Å². The van der Waals surface area contributed by atoms with Crippen LogP contribution >= 0.6 is 0 Å². The minimum Gasteiger partial charge on any atom is -0.0914 e. The number of rotatable bonds is 6. The molecule has 1 rings (SSSR count). The van der Waals surface area contributed by atoms with Crippen molar-refractivity contribution in [2.45, 2.75) is 85.5 Å². The molecular formula is C18H34. The third-order valence-corrected chi connectivity index (χ3v) is 5.23. The van der Waals surface area contributed by atoms with Gasteiger partial charge in [-0.1, -0.05) is 65.0 Å². The summed E-state index contributed by atoms with van der Waals surface area (Å²) in [7, 11) is 0. The van der Waals surface area contributed by atoms with Crippen molar-refractivity contribution >= 4 is 0 Å². The SMILES string of the molecule is CC=CC1CCCCC(CCC)(C(CC)CC)C1. The van der Waals surface area contributed by atoms with Gasteiger partial charge in [-0.3, -0.25) is 0 Å². The molecule has 0 heterocycles. The van der Waals surface area contributed by atoms with Gasteiger partial charge in [0.25, 0.3) is 0 Å². The van der Waals surface area contributed by atoms with E-state index in [-0.39, 0.29) is 0 Å². The lowest BCUT2D eigenvalue weighted by molar-refractivity contribution is 0.0964. The second-order valence-electron chi connectivity index (χ2n) is 6.36. The van der Waals surface area contributed by atoms with Crippen molar-refractivity contribution in [1.82, 2.24) is 0 Å². The average molecular weight is 250 g/mol. The van der Waals surface area contributed by atoms with Gasteiger partial charge < -0.3 is 0 Å². The molecule has 1 fully saturated rings. The predicted molar refractivity (Wildman–Crippen MR) is 82.8 cm³/mol. The Bertz CT molecular complexity index is 236. The van der Waals surface area contributed by atoms with Crippen LogP contribution in [0.3, 0.4) is 0 Å². The van der Waals surface area contributed by atoms with Crippen LogP contribution in [0.5, 0.6) is 0 Å². The average Bonchev–Trinajstić information content (AvgIpc) is 2.55. The zero-order valence-corrected chi connectivity index (χ0v) is 13.2. The van der Waals surface area contributed by atoms with Gasteiger partial charge in [0.15, 0.2) is 0 Å². The van der Waals surface area contributed by atoms with Crippen LogP contribution in [0.1, 0.15) is 85.5 Å². The highest BCUT2D eigenvalue weighted by Crippen LogP contribution is 2.49. The zero-order chi connectivity index (χ0) is 13.4. The van der Waals surface area contributed by atoms with E-state index in [0.29, 0.717) is 5.41 Å². The van der Waals surface area contributed by atoms with Crippen LogP contribution in [0.25, 0.3) is 0 Å². The fraction of sp³-hybridized carbons (Fsp3) is 0.889. The van der Waals surface area contributed by atoms with E-state index < -0.39 is 0 Å². The highest BCUT2D eigenvalue weighted by molar-refractivity contribution is 4.95. The van der Waals surface area contributed by atoms with Crippen LogP contribution in [0.15, 0.2) is 12.2 Å². The Morgan fingerprint density at radius 1 is 1.17 bits per heavy atom. The van der Waals surface area contributed by atoms with Crippen molar-refractivity contribution in [2.24, 2.45) is 17.3 Å². The summed E-state index contributed by atoms with van der Waals surface area (Å²) in [4.78, 5) is 0. The molecule has 0 aromatic carbocycles. The van der Waals surface area contributed by atoms with Crippen LogP contribution in [-0.4, -0.2) is 0 Å². The summed E-state index contributed by atoms with van der Waals surface area (Å²) in [6, 6.07) is 0. The van der Waals surface area contributed by atoms with Gasteiger partial charge in [0.1, 0.15) is 0 Å². The molecule has 2 unspecified atom stereocenters. The molecule has 0 saturated heterocycles. The Kier molecular flexibility index (Phi) is 7.04. The Hall–Kier alpha value is -0.260. The smallest absolute Gasteiger partial charge is 0.0228 e. The minimum atomic E-state index is 0.652. The maximum absolute atomic E-state index is 2.48. The molecule has 0 bridgehead atoms. The minimum absolute atomic E-state index is 0.652. The van der Waals surface area contributed by atoms with Crippen molar-refractivity contribution in [1.29, 1.82) is 0 Å². The molecule has 1 aliphatic carbocycles. The topological polar surface area (TPSA) is 0 Å². The van der Waals surface area contributed by atoms with Gasteiger partial charge in [-0.05, 0) is 49.9 Å². The zero-order valence-electron chi connectivity index (χ0n) is 13.2. The van der Waals surface area contributed by atoms with Gasteiger partial charge in [0.2, 0.25) is 0 Å². The van der Waals surface area contributed by atoms with Gasteiger partial charge in [0, 0.05) is 0 Å². The van der Waals surface area contributed by atoms with E-state index in [9.17, 15) is 0 Å². The molecule has 1 aliphatic rings. The first-order valence-corrected chi connectivity index (χ1v) is 8.35. The lowest BCUT2D eigenvalue weighted by Gasteiger charge is -2.41. The maximum Gasteiger partial charge on any atom is -0.0228 e. The lowest BCUT2D eigenvalue weighted by atomic mass is 9.64. The van der Waals surface area contributed by atoms with E-state index in [2.05, 4.69) is 39.8 Å². The maximum atomic E-state index is 2.48. The first kappa shape index (κ1) is 15.8. The highest BCUT2D eigenvalue weighted by Gasteiger charge is 2.38. The Balaban J connectivity index is 2.90. The summed E-state index contributed by atoms with van der Waals surface area (Å²) in [6.45, 7) is 9.37. The predicted octanol–water partition coefficient (Wildman–Crippen LogP) is 6.37. The molecule has 106 valence electrons. The summed E-state index contributed by atoms with van der Waals surface area (Å²) < 4.78 is 0. The van der Waals surface area contributed by atoms with Crippen molar-refractivity contribution in [3.05, 3.63) is 12.2 Å². The number of allylic oxidation sites excluding steroid dienone is 2. The second-order valence-corrected chi connectivity index (χ2v) is 6.36. The third kappa shape index (κ3) is 3.87. The van der Waals surface area contributed by atoms with Crippen LogP contribution in [0, 0.1) is 17.3 Å². The fourth-order valence-electron chi connectivity index (χ4n) is 4.50. The molecule has 0 N–H and O–H groups in total. The van der Waals surface area contributed by atoms with Gasteiger partial charge in [0.05, 0.1) is 0 Å². The number of hydrogen-bond acceptors (Lipinski definition) is 0. The van der Waals surface area contributed by atoms with Crippen LogP contribution < -0.4 is 0 Å². The molecular weight excluding hydrogens is 216 g/mol. The summed E-state index contributed by atoms with van der Waals surface area (Å²) in [5.74, 6) is 1.80. The quantitative estimate of drug-likeness (QED) is 0.380. The second kappa shape index (κ2) is 8.02. The Morgan fingerprint density at radius 2 is 1.89 bits per heavy atom. The molecule has 1 saturated carbocycles. The van der Waals surface area contributed by atoms with Crippen molar-refractivity contribution < 1.29 is 0 Å². The molecule has 0 amide bonds. The highest BCUT2D eigenvalue weighted by atomic mass is 14.4. The molecule has 0 aliphatic heterocycles. The van der Waals surface area contributed by atoms with E-state index in [1.54, 1.807) is 0 Å². The molecule has 0 heteroatoms. The van der Waals surface area contributed by atoms with E-state index in [4.69, 9.17) is 0 Å². The molecule has 0 radical (unpaired) electrons.